The van der Waals surface area contributed by atoms with Gasteiger partial charge in [0.25, 0.3) is 5.69 Å². The van der Waals surface area contributed by atoms with Crippen molar-refractivity contribution in [2.45, 2.75) is 18.9 Å². The van der Waals surface area contributed by atoms with Gasteiger partial charge in [-0.25, -0.2) is 0 Å². The van der Waals surface area contributed by atoms with Gasteiger partial charge < -0.3 is 9.84 Å². The van der Waals surface area contributed by atoms with Crippen molar-refractivity contribution < 1.29 is 9.45 Å². The van der Waals surface area contributed by atoms with Crippen molar-refractivity contribution in [2.24, 2.45) is 0 Å². The van der Waals surface area contributed by atoms with Gasteiger partial charge in [0.2, 0.25) is 11.7 Å². The Balaban J connectivity index is 1.96. The van der Waals surface area contributed by atoms with E-state index in [9.17, 15) is 10.1 Å². The molecule has 1 atom stereocenters. The second kappa shape index (κ2) is 4.77. The molecule has 7 heteroatoms. The summed E-state index contributed by atoms with van der Waals surface area (Å²) >= 11 is 0. The number of rotatable bonds is 3. The number of hydrogen-bond acceptors (Lipinski definition) is 6. The molecule has 98 valence electrons. The summed E-state index contributed by atoms with van der Waals surface area (Å²) in [7, 11) is 0. The predicted octanol–water partition coefficient (Wildman–Crippen LogP) is 2.07. The number of nitrogens with zero attached hydrogens (tertiary/aromatic N) is 3. The smallest absolute Gasteiger partial charge is 0.280 e. The number of nitrogens with one attached hydrogen (secondary N) is 1. The van der Waals surface area contributed by atoms with E-state index >= 15 is 0 Å². The van der Waals surface area contributed by atoms with Crippen LogP contribution in [0.5, 0.6) is 0 Å². The fourth-order valence-corrected chi connectivity index (χ4v) is 2.20. The molecule has 0 aliphatic carbocycles. The average Bonchev–Trinajstić information content (AvgIpc) is 3.09. The molecule has 2 heterocycles. The Bertz CT molecular complexity index is 605. The molecule has 0 bridgehead atoms. The Kier molecular flexibility index (Phi) is 2.96. The lowest BCUT2D eigenvalue weighted by Crippen LogP contribution is -2.12. The Morgan fingerprint density at radius 2 is 2.26 bits per heavy atom. The van der Waals surface area contributed by atoms with Crippen LogP contribution in [0.25, 0.3) is 11.4 Å². The highest BCUT2D eigenvalue weighted by atomic mass is 16.6. The first kappa shape index (κ1) is 11.8. The maximum atomic E-state index is 11.0. The molecular formula is C12H12N4O3. The molecule has 19 heavy (non-hydrogen) atoms. The zero-order valence-electron chi connectivity index (χ0n) is 10.1. The van der Waals surface area contributed by atoms with E-state index in [-0.39, 0.29) is 17.6 Å². The molecular weight excluding hydrogens is 248 g/mol. The topological polar surface area (TPSA) is 94.1 Å². The molecule has 1 saturated heterocycles. The SMILES string of the molecule is O=[N+]([O-])c1ccccc1-c1noc(C2CCCN2)n1. The van der Waals surface area contributed by atoms with Gasteiger partial charge in [-0.3, -0.25) is 10.1 Å². The Morgan fingerprint density at radius 3 is 3.00 bits per heavy atom. The van der Waals surface area contributed by atoms with Gasteiger partial charge in [0, 0.05) is 6.07 Å². The fraction of sp³-hybridized carbons (Fsp3) is 0.333. The normalized spacial score (nSPS) is 18.6. The minimum atomic E-state index is -0.445. The summed E-state index contributed by atoms with van der Waals surface area (Å²) in [4.78, 5) is 14.8. The summed E-state index contributed by atoms with van der Waals surface area (Å²) in [5, 5.41) is 18.1. The van der Waals surface area contributed by atoms with Crippen LogP contribution in [-0.4, -0.2) is 21.6 Å². The van der Waals surface area contributed by atoms with Crippen LogP contribution in [0.3, 0.4) is 0 Å². The van der Waals surface area contributed by atoms with Gasteiger partial charge in [0.05, 0.1) is 11.0 Å². The van der Waals surface area contributed by atoms with E-state index in [0.717, 1.165) is 19.4 Å². The lowest BCUT2D eigenvalue weighted by atomic mass is 10.1. The van der Waals surface area contributed by atoms with Gasteiger partial charge in [0.1, 0.15) is 5.56 Å². The Morgan fingerprint density at radius 1 is 1.42 bits per heavy atom. The van der Waals surface area contributed by atoms with Crippen LogP contribution in [0.15, 0.2) is 28.8 Å². The van der Waals surface area contributed by atoms with Crippen molar-refractivity contribution in [1.82, 2.24) is 15.5 Å². The number of nitro groups is 1. The summed E-state index contributed by atoms with van der Waals surface area (Å²) in [6, 6.07) is 6.44. The van der Waals surface area contributed by atoms with Gasteiger partial charge in [-0.05, 0) is 25.5 Å². The van der Waals surface area contributed by atoms with Crippen LogP contribution in [-0.2, 0) is 0 Å². The van der Waals surface area contributed by atoms with Crippen LogP contribution in [0.4, 0.5) is 5.69 Å². The first-order valence-corrected chi connectivity index (χ1v) is 6.06. The number of nitro benzene ring substituents is 1. The molecule has 7 nitrogen and oxygen atoms in total. The third-order valence-corrected chi connectivity index (χ3v) is 3.14. The van der Waals surface area contributed by atoms with Gasteiger partial charge in [-0.15, -0.1) is 0 Å². The molecule has 0 radical (unpaired) electrons. The zero-order valence-corrected chi connectivity index (χ0v) is 10.1. The monoisotopic (exact) mass is 260 g/mol. The Labute approximate surface area is 108 Å². The van der Waals surface area contributed by atoms with Crippen molar-refractivity contribution in [3.63, 3.8) is 0 Å². The summed E-state index contributed by atoms with van der Waals surface area (Å²) < 4.78 is 5.19. The quantitative estimate of drug-likeness (QED) is 0.670. The van der Waals surface area contributed by atoms with Crippen molar-refractivity contribution in [2.75, 3.05) is 6.54 Å². The highest BCUT2D eigenvalue weighted by molar-refractivity contribution is 5.67. The molecule has 1 fully saturated rings. The molecule has 1 aromatic heterocycles. The van der Waals surface area contributed by atoms with E-state index in [4.69, 9.17) is 4.52 Å². The summed E-state index contributed by atoms with van der Waals surface area (Å²) in [6.45, 7) is 0.924. The molecule has 0 spiro atoms. The minimum Gasteiger partial charge on any atom is -0.337 e. The average molecular weight is 260 g/mol. The number of para-hydroxylation sites is 1. The Hall–Kier alpha value is -2.28. The highest BCUT2D eigenvalue weighted by Gasteiger charge is 2.25. The zero-order chi connectivity index (χ0) is 13.2. The van der Waals surface area contributed by atoms with Crippen LogP contribution in [0.2, 0.25) is 0 Å². The lowest BCUT2D eigenvalue weighted by molar-refractivity contribution is -0.384. The fourth-order valence-electron chi connectivity index (χ4n) is 2.20. The van der Waals surface area contributed by atoms with Crippen LogP contribution >= 0.6 is 0 Å². The molecule has 1 N–H and O–H groups in total. The van der Waals surface area contributed by atoms with E-state index in [1.165, 1.54) is 6.07 Å². The maximum absolute atomic E-state index is 11.0. The molecule has 1 aromatic carbocycles. The number of aromatic nitrogens is 2. The standard InChI is InChI=1S/C12H12N4O3/c17-16(18)10-6-2-1-4-8(10)11-14-12(19-15-11)9-5-3-7-13-9/h1-2,4,6,9,13H,3,5,7H2. The second-order valence-corrected chi connectivity index (χ2v) is 4.38. The molecule has 0 saturated carbocycles. The maximum Gasteiger partial charge on any atom is 0.280 e. The summed E-state index contributed by atoms with van der Waals surface area (Å²) in [5.74, 6) is 0.752. The second-order valence-electron chi connectivity index (χ2n) is 4.38. The summed E-state index contributed by atoms with van der Waals surface area (Å²) in [6.07, 6.45) is 2.01. The summed E-state index contributed by atoms with van der Waals surface area (Å²) in [5.41, 5.74) is 0.356. The number of hydrogen-bond donors (Lipinski definition) is 1. The molecule has 2 aromatic rings. The first-order chi connectivity index (χ1) is 9.25. The molecule has 1 aliphatic rings. The number of benzene rings is 1. The molecule has 1 aliphatic heterocycles. The third kappa shape index (κ3) is 2.19. The minimum absolute atomic E-state index is 0.0192. The van der Waals surface area contributed by atoms with Gasteiger partial charge in [-0.1, -0.05) is 17.3 Å². The van der Waals surface area contributed by atoms with Crippen molar-refractivity contribution in [1.29, 1.82) is 0 Å². The van der Waals surface area contributed by atoms with Gasteiger partial charge in [-0.2, -0.15) is 4.98 Å². The van der Waals surface area contributed by atoms with E-state index in [1.807, 2.05) is 0 Å². The van der Waals surface area contributed by atoms with E-state index in [0.29, 0.717) is 11.5 Å². The van der Waals surface area contributed by atoms with Crippen molar-refractivity contribution >= 4 is 5.69 Å². The lowest BCUT2D eigenvalue weighted by Gasteiger charge is -2.01. The van der Waals surface area contributed by atoms with E-state index in [2.05, 4.69) is 15.5 Å². The van der Waals surface area contributed by atoms with Crippen LogP contribution in [0, 0.1) is 10.1 Å². The molecule has 0 amide bonds. The van der Waals surface area contributed by atoms with Gasteiger partial charge in [0.15, 0.2) is 0 Å². The van der Waals surface area contributed by atoms with Gasteiger partial charge >= 0.3 is 0 Å². The largest absolute Gasteiger partial charge is 0.337 e. The first-order valence-electron chi connectivity index (χ1n) is 6.06. The van der Waals surface area contributed by atoms with Crippen LogP contribution in [0.1, 0.15) is 24.8 Å². The molecule has 1 unspecified atom stereocenters. The predicted molar refractivity (Wildman–Crippen MR) is 66.4 cm³/mol. The molecule has 3 rings (SSSR count). The highest BCUT2D eigenvalue weighted by Crippen LogP contribution is 2.29. The van der Waals surface area contributed by atoms with E-state index < -0.39 is 4.92 Å². The van der Waals surface area contributed by atoms with E-state index in [1.54, 1.807) is 18.2 Å². The van der Waals surface area contributed by atoms with Crippen molar-refractivity contribution in [3.05, 3.63) is 40.3 Å². The van der Waals surface area contributed by atoms with Crippen LogP contribution < -0.4 is 5.32 Å². The van der Waals surface area contributed by atoms with Crippen molar-refractivity contribution in [3.8, 4) is 11.4 Å². The third-order valence-electron chi connectivity index (χ3n) is 3.14.